The zero-order chi connectivity index (χ0) is 31.7. The van der Waals surface area contributed by atoms with E-state index in [-0.39, 0.29) is 0 Å². The van der Waals surface area contributed by atoms with Crippen molar-refractivity contribution < 1.29 is 9.90 Å². The number of carboxylic acids is 1. The minimum Gasteiger partial charge on any atom is -0.481 e. The van der Waals surface area contributed by atoms with Crippen molar-refractivity contribution in [1.29, 1.82) is 0 Å². The molecule has 0 aliphatic carbocycles. The monoisotopic (exact) mass is 608 g/mol. The van der Waals surface area contributed by atoms with Crippen LogP contribution in [0.3, 0.4) is 0 Å². The van der Waals surface area contributed by atoms with Gasteiger partial charge < -0.3 is 10.8 Å². The van der Waals surface area contributed by atoms with Gasteiger partial charge in [0.05, 0.1) is 0 Å². The molecule has 0 rings (SSSR count). The first-order valence-corrected chi connectivity index (χ1v) is 19.8. The molecule has 0 amide bonds. The number of allylic oxidation sites excluding steroid dienone is 2. The summed E-state index contributed by atoms with van der Waals surface area (Å²) in [6, 6.07) is 0. The molecule has 0 radical (unpaired) electrons. The standard InChI is InChI=1S/C22H42O2.C18H39N/c1-2-3-4-5-6-7-8-9-10-11-12-13-14-15-16-17-18-19-20-21-22(23)24;1-2-3-4-5-6-7-8-9-10-11-12-13-14-15-16-17-18-19/h9-10H,2-8,11-21H2,1H3,(H,23,24);2-19H2,1H3/b10-9-;. The lowest BCUT2D eigenvalue weighted by atomic mass is 10.0. The minimum absolute atomic E-state index is 0.340. The van der Waals surface area contributed by atoms with Gasteiger partial charge in [-0.3, -0.25) is 4.79 Å². The van der Waals surface area contributed by atoms with Crippen molar-refractivity contribution in [1.82, 2.24) is 0 Å². The van der Waals surface area contributed by atoms with E-state index in [1.807, 2.05) is 0 Å². The Hall–Kier alpha value is -0.830. The predicted octanol–water partition coefficient (Wildman–Crippen LogP) is 13.9. The Morgan fingerprint density at radius 2 is 0.674 bits per heavy atom. The van der Waals surface area contributed by atoms with Crippen LogP contribution in [0.5, 0.6) is 0 Å². The molecular formula is C40H81NO2. The molecule has 0 saturated heterocycles. The Morgan fingerprint density at radius 3 is 0.953 bits per heavy atom. The Labute approximate surface area is 272 Å². The van der Waals surface area contributed by atoms with E-state index in [4.69, 9.17) is 10.8 Å². The first-order valence-electron chi connectivity index (χ1n) is 19.8. The maximum absolute atomic E-state index is 10.4. The number of nitrogens with two attached hydrogens (primary N) is 1. The smallest absolute Gasteiger partial charge is 0.303 e. The number of carbonyl (C=O) groups is 1. The molecule has 0 saturated carbocycles. The lowest BCUT2D eigenvalue weighted by molar-refractivity contribution is -0.137. The molecule has 43 heavy (non-hydrogen) atoms. The molecule has 0 aliphatic heterocycles. The molecule has 0 aromatic rings. The fourth-order valence-electron chi connectivity index (χ4n) is 5.75. The third kappa shape index (κ3) is 48.3. The van der Waals surface area contributed by atoms with Crippen LogP contribution in [0.1, 0.15) is 232 Å². The summed E-state index contributed by atoms with van der Waals surface area (Å²) in [6.45, 7) is 5.44. The second kappa shape index (κ2) is 43.3. The number of unbranched alkanes of at least 4 members (excludes halogenated alkanes) is 30. The number of rotatable bonds is 35. The van der Waals surface area contributed by atoms with Gasteiger partial charge in [-0.1, -0.05) is 199 Å². The van der Waals surface area contributed by atoms with Crippen molar-refractivity contribution >= 4 is 5.97 Å². The Morgan fingerprint density at radius 1 is 0.419 bits per heavy atom. The second-order valence-electron chi connectivity index (χ2n) is 13.2. The zero-order valence-electron chi connectivity index (χ0n) is 29.8. The number of carboxylic acid groups (broad SMARTS) is 1. The van der Waals surface area contributed by atoms with Crippen molar-refractivity contribution in [2.75, 3.05) is 6.54 Å². The lowest BCUT2D eigenvalue weighted by Gasteiger charge is -2.03. The van der Waals surface area contributed by atoms with Crippen molar-refractivity contribution in [3.05, 3.63) is 12.2 Å². The zero-order valence-corrected chi connectivity index (χ0v) is 29.8. The van der Waals surface area contributed by atoms with Gasteiger partial charge in [-0.15, -0.1) is 0 Å². The Bertz CT molecular complexity index is 503. The van der Waals surface area contributed by atoms with Gasteiger partial charge >= 0.3 is 5.97 Å². The summed E-state index contributed by atoms with van der Waals surface area (Å²) in [5, 5.41) is 8.55. The third-order valence-electron chi connectivity index (χ3n) is 8.71. The van der Waals surface area contributed by atoms with Crippen LogP contribution in [0.15, 0.2) is 12.2 Å². The molecule has 0 unspecified atom stereocenters. The summed E-state index contributed by atoms with van der Waals surface area (Å²) in [4.78, 5) is 10.4. The van der Waals surface area contributed by atoms with Crippen LogP contribution in [-0.2, 0) is 4.79 Å². The van der Waals surface area contributed by atoms with E-state index in [1.165, 1.54) is 199 Å². The Balaban J connectivity index is 0. The topological polar surface area (TPSA) is 63.3 Å². The summed E-state index contributed by atoms with van der Waals surface area (Å²) in [5.41, 5.74) is 5.48. The van der Waals surface area contributed by atoms with E-state index in [0.29, 0.717) is 6.42 Å². The molecule has 3 nitrogen and oxygen atoms in total. The normalized spacial score (nSPS) is 11.2. The van der Waals surface area contributed by atoms with Crippen molar-refractivity contribution in [3.63, 3.8) is 0 Å². The van der Waals surface area contributed by atoms with Crippen LogP contribution in [0, 0.1) is 0 Å². The fourth-order valence-corrected chi connectivity index (χ4v) is 5.75. The van der Waals surface area contributed by atoms with Gasteiger partial charge in [0.25, 0.3) is 0 Å². The predicted molar refractivity (Wildman–Crippen MR) is 194 cm³/mol. The van der Waals surface area contributed by atoms with Crippen molar-refractivity contribution in [2.24, 2.45) is 5.73 Å². The molecule has 0 bridgehead atoms. The number of hydrogen-bond acceptors (Lipinski definition) is 2. The van der Waals surface area contributed by atoms with E-state index >= 15 is 0 Å². The van der Waals surface area contributed by atoms with Gasteiger partial charge in [0.1, 0.15) is 0 Å². The summed E-state index contributed by atoms with van der Waals surface area (Å²) >= 11 is 0. The fraction of sp³-hybridized carbons (Fsp3) is 0.925. The maximum atomic E-state index is 10.4. The summed E-state index contributed by atoms with van der Waals surface area (Å²) in [7, 11) is 0. The molecule has 0 aromatic carbocycles. The SMILES string of the molecule is CCCCCCCC/C=C\CCCCCCCCCCCC(=O)O.CCCCCCCCCCCCCCCCCCN. The number of hydrogen-bond donors (Lipinski definition) is 2. The third-order valence-corrected chi connectivity index (χ3v) is 8.71. The molecule has 0 heterocycles. The van der Waals surface area contributed by atoms with Crippen LogP contribution in [0.25, 0.3) is 0 Å². The lowest BCUT2D eigenvalue weighted by Crippen LogP contribution is -1.97. The minimum atomic E-state index is -0.656. The largest absolute Gasteiger partial charge is 0.481 e. The van der Waals surface area contributed by atoms with Crippen LogP contribution in [-0.4, -0.2) is 17.6 Å². The molecule has 0 atom stereocenters. The van der Waals surface area contributed by atoms with Gasteiger partial charge in [0, 0.05) is 6.42 Å². The molecule has 0 aliphatic rings. The first-order chi connectivity index (χ1) is 21.2. The van der Waals surface area contributed by atoms with Gasteiger partial charge in [-0.2, -0.15) is 0 Å². The summed E-state index contributed by atoms with van der Waals surface area (Å²) in [6.07, 6.45) is 50.0. The van der Waals surface area contributed by atoms with Gasteiger partial charge in [-0.05, 0) is 45.1 Å². The van der Waals surface area contributed by atoms with Crippen LogP contribution in [0.4, 0.5) is 0 Å². The molecule has 3 heteroatoms. The second-order valence-corrected chi connectivity index (χ2v) is 13.2. The highest BCUT2D eigenvalue weighted by molar-refractivity contribution is 5.66. The molecule has 258 valence electrons. The Kier molecular flexibility index (Phi) is 44.6. The van der Waals surface area contributed by atoms with Crippen LogP contribution < -0.4 is 5.73 Å². The molecule has 0 aromatic heterocycles. The highest BCUT2D eigenvalue weighted by Crippen LogP contribution is 2.14. The highest BCUT2D eigenvalue weighted by Gasteiger charge is 1.97. The van der Waals surface area contributed by atoms with Crippen molar-refractivity contribution in [2.45, 2.75) is 232 Å². The van der Waals surface area contributed by atoms with Gasteiger partial charge in [-0.25, -0.2) is 0 Å². The average molecular weight is 608 g/mol. The van der Waals surface area contributed by atoms with Gasteiger partial charge in [0.15, 0.2) is 0 Å². The van der Waals surface area contributed by atoms with Crippen LogP contribution >= 0.6 is 0 Å². The molecule has 3 N–H and O–H groups in total. The van der Waals surface area contributed by atoms with E-state index in [0.717, 1.165) is 19.4 Å². The van der Waals surface area contributed by atoms with E-state index in [1.54, 1.807) is 0 Å². The van der Waals surface area contributed by atoms with E-state index in [9.17, 15) is 4.79 Å². The first kappa shape index (κ1) is 44.3. The summed E-state index contributed by atoms with van der Waals surface area (Å²) < 4.78 is 0. The maximum Gasteiger partial charge on any atom is 0.303 e. The van der Waals surface area contributed by atoms with Crippen LogP contribution in [0.2, 0.25) is 0 Å². The van der Waals surface area contributed by atoms with E-state index < -0.39 is 5.97 Å². The van der Waals surface area contributed by atoms with Gasteiger partial charge in [0.2, 0.25) is 0 Å². The van der Waals surface area contributed by atoms with Crippen molar-refractivity contribution in [3.8, 4) is 0 Å². The van der Waals surface area contributed by atoms with E-state index in [2.05, 4.69) is 26.0 Å². The average Bonchev–Trinajstić information content (AvgIpc) is 3.00. The molecular weight excluding hydrogens is 526 g/mol. The summed E-state index contributed by atoms with van der Waals surface area (Å²) in [5.74, 6) is -0.656. The number of aliphatic carboxylic acids is 1. The molecule has 0 fully saturated rings. The quantitative estimate of drug-likeness (QED) is 0.0556. The highest BCUT2D eigenvalue weighted by atomic mass is 16.4. The molecule has 0 spiro atoms.